The highest BCUT2D eigenvalue weighted by Gasteiger charge is 2.31. The van der Waals surface area contributed by atoms with Crippen LogP contribution in [-0.2, 0) is 19.6 Å². The van der Waals surface area contributed by atoms with E-state index in [2.05, 4.69) is 10.0 Å². The number of aliphatic hydroxyl groups is 1. The summed E-state index contributed by atoms with van der Waals surface area (Å²) in [5.41, 5.74) is 0. The minimum atomic E-state index is -3.74. The zero-order valence-electron chi connectivity index (χ0n) is 16.2. The van der Waals surface area contributed by atoms with Crippen LogP contribution < -0.4 is 10.0 Å². The fourth-order valence-corrected chi connectivity index (χ4v) is 4.08. The number of nitrogens with one attached hydrogen (secondary N) is 2. The lowest BCUT2D eigenvalue weighted by Crippen LogP contribution is -2.49. The Balaban J connectivity index is 1.90. The minimum absolute atomic E-state index is 0.118. The molecule has 0 spiro atoms. The first-order valence-corrected chi connectivity index (χ1v) is 10.7. The molecule has 1 heterocycles. The van der Waals surface area contributed by atoms with Crippen LogP contribution in [0.3, 0.4) is 0 Å². The van der Waals surface area contributed by atoms with Crippen molar-refractivity contribution in [2.24, 2.45) is 0 Å². The van der Waals surface area contributed by atoms with E-state index in [0.29, 0.717) is 6.54 Å². The summed E-state index contributed by atoms with van der Waals surface area (Å²) in [7, 11) is 0.203. The number of aliphatic hydroxyl groups excluding tert-OH is 1. The number of ether oxygens (including phenoxy) is 1. The lowest BCUT2D eigenvalue weighted by atomic mass is 10.1. The van der Waals surface area contributed by atoms with Crippen molar-refractivity contribution in [3.63, 3.8) is 0 Å². The van der Waals surface area contributed by atoms with Crippen molar-refractivity contribution >= 4 is 15.9 Å². The lowest BCUT2D eigenvalue weighted by Gasteiger charge is -2.31. The average Bonchev–Trinajstić information content (AvgIpc) is 2.67. The van der Waals surface area contributed by atoms with E-state index in [0.717, 1.165) is 13.0 Å². The third kappa shape index (κ3) is 6.99. The third-order valence-corrected chi connectivity index (χ3v) is 5.77. The molecule has 3 atom stereocenters. The molecule has 1 aromatic carbocycles. The number of nitrogens with zero attached hydrogens (tertiary/aromatic N) is 1. The Morgan fingerprint density at radius 3 is 2.57 bits per heavy atom. The van der Waals surface area contributed by atoms with Crippen molar-refractivity contribution in [2.45, 2.75) is 36.0 Å². The number of hydrogen-bond donors (Lipinski definition) is 3. The van der Waals surface area contributed by atoms with Crippen LogP contribution in [0.4, 0.5) is 0 Å². The monoisotopic (exact) mass is 411 g/mol. The number of carbonyl (C=O) groups excluding carboxylic acids is 1. The molecule has 1 aromatic rings. The van der Waals surface area contributed by atoms with Gasteiger partial charge < -0.3 is 20.1 Å². The fourth-order valence-electron chi connectivity index (χ4n) is 2.83. The second-order valence-electron chi connectivity index (χ2n) is 6.95. The molecule has 0 aliphatic carbocycles. The number of hydrogen-bond acceptors (Lipinski definition) is 6. The van der Waals surface area contributed by atoms with Crippen LogP contribution in [-0.4, -0.2) is 76.4 Å². The molecular formula is C19H29N3O5S. The highest BCUT2D eigenvalue weighted by Crippen LogP contribution is 2.18. The quantitative estimate of drug-likeness (QED) is 0.373. The molecule has 8 nitrogen and oxygen atoms in total. The summed E-state index contributed by atoms with van der Waals surface area (Å²) < 4.78 is 33.2. The molecule has 0 saturated heterocycles. The molecule has 0 fully saturated rings. The second-order valence-corrected chi connectivity index (χ2v) is 8.67. The van der Waals surface area contributed by atoms with E-state index in [1.807, 2.05) is 19.0 Å². The number of rotatable bonds is 10. The Bertz CT molecular complexity index is 752. The number of amides is 1. The maximum Gasteiger partial charge on any atom is 0.241 e. The predicted octanol–water partition coefficient (Wildman–Crippen LogP) is 0.107. The zero-order valence-corrected chi connectivity index (χ0v) is 17.1. The molecule has 0 bridgehead atoms. The summed E-state index contributed by atoms with van der Waals surface area (Å²) in [5, 5.41) is 12.4. The summed E-state index contributed by atoms with van der Waals surface area (Å²) >= 11 is 0. The van der Waals surface area contributed by atoms with Gasteiger partial charge in [-0.1, -0.05) is 30.4 Å². The summed E-state index contributed by atoms with van der Waals surface area (Å²) in [6, 6.07) is 7.28. The van der Waals surface area contributed by atoms with E-state index in [1.165, 1.54) is 12.1 Å². The number of benzene rings is 1. The molecule has 1 amide bonds. The van der Waals surface area contributed by atoms with Crippen molar-refractivity contribution in [1.82, 2.24) is 14.9 Å². The summed E-state index contributed by atoms with van der Waals surface area (Å²) in [6.45, 7) is 1.10. The molecule has 1 aliphatic rings. The van der Waals surface area contributed by atoms with Crippen LogP contribution >= 0.6 is 0 Å². The Morgan fingerprint density at radius 2 is 1.93 bits per heavy atom. The first kappa shape index (κ1) is 22.5. The highest BCUT2D eigenvalue weighted by atomic mass is 32.2. The fraction of sp³-hybridized carbons (Fsp3) is 0.526. The standard InChI is InChI=1S/C19H29N3O5S/c1-22(2)12-6-11-20-19(24)13-15-9-10-17(18(14-23)27-15)21-28(25,26)16-7-4-3-5-8-16/h3-5,7-10,15,17-18,21,23H,6,11-14H2,1-2H3,(H,20,24)/t15-,17-,18+/m0/s1. The average molecular weight is 412 g/mol. The van der Waals surface area contributed by atoms with Crippen molar-refractivity contribution in [2.75, 3.05) is 33.8 Å². The van der Waals surface area contributed by atoms with Gasteiger partial charge in [0.1, 0.15) is 6.10 Å². The maximum absolute atomic E-state index is 12.5. The van der Waals surface area contributed by atoms with Crippen molar-refractivity contribution < 1.29 is 23.1 Å². The summed E-state index contributed by atoms with van der Waals surface area (Å²) in [5.74, 6) is -0.145. The topological polar surface area (TPSA) is 108 Å². The van der Waals surface area contributed by atoms with Crippen LogP contribution in [0, 0.1) is 0 Å². The van der Waals surface area contributed by atoms with Gasteiger partial charge in [0.25, 0.3) is 0 Å². The zero-order chi connectivity index (χ0) is 20.6. The van der Waals surface area contributed by atoms with E-state index in [9.17, 15) is 18.3 Å². The Hall–Kier alpha value is -1.78. The molecule has 1 aliphatic heterocycles. The summed E-state index contributed by atoms with van der Waals surface area (Å²) in [4.78, 5) is 14.2. The molecular weight excluding hydrogens is 382 g/mol. The van der Waals surface area contributed by atoms with Gasteiger partial charge in [-0.05, 0) is 39.2 Å². The van der Waals surface area contributed by atoms with Gasteiger partial charge in [0.2, 0.25) is 15.9 Å². The van der Waals surface area contributed by atoms with Gasteiger partial charge in [-0.2, -0.15) is 0 Å². The molecule has 2 rings (SSSR count). The van der Waals surface area contributed by atoms with Gasteiger partial charge in [0, 0.05) is 6.54 Å². The Morgan fingerprint density at radius 1 is 1.21 bits per heavy atom. The first-order valence-electron chi connectivity index (χ1n) is 9.25. The molecule has 9 heteroatoms. The molecule has 0 radical (unpaired) electrons. The largest absolute Gasteiger partial charge is 0.394 e. The van der Waals surface area contributed by atoms with Gasteiger partial charge in [-0.25, -0.2) is 13.1 Å². The SMILES string of the molecule is CN(C)CCCNC(=O)C[C@@H]1C=C[C@H](NS(=O)(=O)c2ccccc2)[C@@H](CO)O1. The number of sulfonamides is 1. The highest BCUT2D eigenvalue weighted by molar-refractivity contribution is 7.89. The molecule has 28 heavy (non-hydrogen) atoms. The molecule has 0 aromatic heterocycles. The lowest BCUT2D eigenvalue weighted by molar-refractivity contribution is -0.125. The van der Waals surface area contributed by atoms with Gasteiger partial charge in [0.05, 0.1) is 30.1 Å². The summed E-state index contributed by atoms with van der Waals surface area (Å²) in [6.07, 6.45) is 2.98. The normalized spacial score (nSPS) is 22.4. The van der Waals surface area contributed by atoms with Gasteiger partial charge in [-0.15, -0.1) is 0 Å². The molecule has 0 saturated carbocycles. The maximum atomic E-state index is 12.5. The second kappa shape index (κ2) is 10.7. The van der Waals surface area contributed by atoms with Crippen LogP contribution in [0.1, 0.15) is 12.8 Å². The Labute approximate surface area is 166 Å². The minimum Gasteiger partial charge on any atom is -0.394 e. The predicted molar refractivity (Wildman–Crippen MR) is 106 cm³/mol. The van der Waals surface area contributed by atoms with Crippen LogP contribution in [0.25, 0.3) is 0 Å². The van der Waals surface area contributed by atoms with Crippen molar-refractivity contribution in [1.29, 1.82) is 0 Å². The van der Waals surface area contributed by atoms with E-state index < -0.39 is 28.3 Å². The third-order valence-electron chi connectivity index (χ3n) is 4.30. The smallest absolute Gasteiger partial charge is 0.241 e. The van der Waals surface area contributed by atoms with Crippen LogP contribution in [0.2, 0.25) is 0 Å². The van der Waals surface area contributed by atoms with Gasteiger partial charge in [-0.3, -0.25) is 4.79 Å². The van der Waals surface area contributed by atoms with Gasteiger partial charge in [0.15, 0.2) is 0 Å². The van der Waals surface area contributed by atoms with E-state index in [-0.39, 0.29) is 23.8 Å². The number of carbonyl (C=O) groups is 1. The van der Waals surface area contributed by atoms with Gasteiger partial charge >= 0.3 is 0 Å². The van der Waals surface area contributed by atoms with Crippen molar-refractivity contribution in [3.05, 3.63) is 42.5 Å². The van der Waals surface area contributed by atoms with E-state index in [4.69, 9.17) is 4.74 Å². The van der Waals surface area contributed by atoms with E-state index >= 15 is 0 Å². The van der Waals surface area contributed by atoms with Crippen LogP contribution in [0.5, 0.6) is 0 Å². The van der Waals surface area contributed by atoms with Crippen LogP contribution in [0.15, 0.2) is 47.4 Å². The van der Waals surface area contributed by atoms with Crippen molar-refractivity contribution in [3.8, 4) is 0 Å². The molecule has 156 valence electrons. The molecule has 3 N–H and O–H groups in total. The Kier molecular flexibility index (Phi) is 8.58. The first-order chi connectivity index (χ1) is 13.3. The molecule has 0 unspecified atom stereocenters. The van der Waals surface area contributed by atoms with E-state index in [1.54, 1.807) is 30.4 Å².